The molecule has 0 aliphatic rings. The summed E-state index contributed by atoms with van der Waals surface area (Å²) in [5, 5.41) is 9.82. The Morgan fingerprint density at radius 2 is 2.06 bits per heavy atom. The van der Waals surface area contributed by atoms with E-state index in [0.29, 0.717) is 11.4 Å². The van der Waals surface area contributed by atoms with E-state index >= 15 is 0 Å². The van der Waals surface area contributed by atoms with E-state index in [9.17, 15) is 0 Å². The van der Waals surface area contributed by atoms with Crippen molar-refractivity contribution in [3.8, 4) is 17.3 Å². The fraction of sp³-hybridized carbons (Fsp3) is 0.167. The Hall–Kier alpha value is -1.70. The standard InChI is InChI=1S/C12H11N3S/c1-8-2-4-9(5-3-8)12-10(6-13)16-11(7-14)15-12/h2-5H,7,14H2,1H3. The molecule has 1 heterocycles. The van der Waals surface area contributed by atoms with Gasteiger partial charge in [0, 0.05) is 12.1 Å². The highest BCUT2D eigenvalue weighted by molar-refractivity contribution is 7.12. The van der Waals surface area contributed by atoms with Crippen molar-refractivity contribution >= 4 is 11.3 Å². The van der Waals surface area contributed by atoms with Crippen LogP contribution >= 0.6 is 11.3 Å². The van der Waals surface area contributed by atoms with Crippen LogP contribution in [0.2, 0.25) is 0 Å². The fourth-order valence-corrected chi connectivity index (χ4v) is 2.20. The predicted octanol–water partition coefficient (Wildman–Crippen LogP) is 2.45. The van der Waals surface area contributed by atoms with Gasteiger partial charge in [0.1, 0.15) is 16.0 Å². The Labute approximate surface area is 98.2 Å². The maximum atomic E-state index is 9.02. The Bertz CT molecular complexity index is 534. The van der Waals surface area contributed by atoms with E-state index in [2.05, 4.69) is 11.1 Å². The summed E-state index contributed by atoms with van der Waals surface area (Å²) < 4.78 is 0. The van der Waals surface area contributed by atoms with Gasteiger partial charge in [-0.2, -0.15) is 5.26 Å². The molecule has 2 N–H and O–H groups in total. The van der Waals surface area contributed by atoms with Crippen LogP contribution in [0, 0.1) is 18.3 Å². The minimum atomic E-state index is 0.380. The van der Waals surface area contributed by atoms with Crippen LogP contribution in [0.4, 0.5) is 0 Å². The van der Waals surface area contributed by atoms with Crippen LogP contribution in [-0.2, 0) is 6.54 Å². The molecule has 0 saturated heterocycles. The third-order valence-electron chi connectivity index (χ3n) is 2.27. The van der Waals surface area contributed by atoms with Crippen molar-refractivity contribution in [1.82, 2.24) is 4.98 Å². The number of nitrogens with zero attached hydrogens (tertiary/aromatic N) is 2. The van der Waals surface area contributed by atoms with E-state index in [4.69, 9.17) is 11.0 Å². The van der Waals surface area contributed by atoms with Gasteiger partial charge in [0.15, 0.2) is 0 Å². The molecule has 2 aromatic rings. The number of nitrogens with two attached hydrogens (primary N) is 1. The number of hydrogen-bond acceptors (Lipinski definition) is 4. The minimum Gasteiger partial charge on any atom is -0.325 e. The molecule has 2 rings (SSSR count). The number of hydrogen-bond donors (Lipinski definition) is 1. The Kier molecular flexibility index (Phi) is 3.00. The van der Waals surface area contributed by atoms with Gasteiger partial charge in [-0.25, -0.2) is 4.98 Å². The van der Waals surface area contributed by atoms with Gasteiger partial charge in [0.25, 0.3) is 0 Å². The van der Waals surface area contributed by atoms with Crippen LogP contribution in [-0.4, -0.2) is 4.98 Å². The molecule has 0 aliphatic carbocycles. The lowest BCUT2D eigenvalue weighted by molar-refractivity contribution is 1.04. The van der Waals surface area contributed by atoms with E-state index < -0.39 is 0 Å². The molecule has 0 bridgehead atoms. The minimum absolute atomic E-state index is 0.380. The summed E-state index contributed by atoms with van der Waals surface area (Å²) in [5.41, 5.74) is 8.43. The van der Waals surface area contributed by atoms with Crippen LogP contribution in [0.5, 0.6) is 0 Å². The van der Waals surface area contributed by atoms with Gasteiger partial charge in [0.05, 0.1) is 5.69 Å². The molecule has 1 aromatic heterocycles. The van der Waals surface area contributed by atoms with Crippen LogP contribution in [0.1, 0.15) is 15.4 Å². The zero-order valence-corrected chi connectivity index (χ0v) is 9.71. The first-order valence-electron chi connectivity index (χ1n) is 4.91. The lowest BCUT2D eigenvalue weighted by Crippen LogP contribution is -1.94. The van der Waals surface area contributed by atoms with Gasteiger partial charge in [-0.15, -0.1) is 11.3 Å². The highest BCUT2D eigenvalue weighted by Gasteiger charge is 2.11. The number of nitriles is 1. The topological polar surface area (TPSA) is 62.7 Å². The van der Waals surface area contributed by atoms with Crippen molar-refractivity contribution in [3.63, 3.8) is 0 Å². The van der Waals surface area contributed by atoms with Crippen molar-refractivity contribution < 1.29 is 0 Å². The van der Waals surface area contributed by atoms with E-state index in [1.807, 2.05) is 31.2 Å². The lowest BCUT2D eigenvalue weighted by Gasteiger charge is -1.98. The molecular formula is C12H11N3S. The zero-order valence-electron chi connectivity index (χ0n) is 8.90. The molecule has 0 atom stereocenters. The number of thiazole rings is 1. The van der Waals surface area contributed by atoms with Gasteiger partial charge in [-0.05, 0) is 6.92 Å². The molecule has 3 nitrogen and oxygen atoms in total. The molecule has 0 aliphatic heterocycles. The van der Waals surface area contributed by atoms with Crippen LogP contribution in [0.25, 0.3) is 11.3 Å². The summed E-state index contributed by atoms with van der Waals surface area (Å²) in [4.78, 5) is 5.00. The zero-order chi connectivity index (χ0) is 11.5. The monoisotopic (exact) mass is 229 g/mol. The molecule has 1 aromatic carbocycles. The van der Waals surface area contributed by atoms with Gasteiger partial charge < -0.3 is 5.73 Å². The molecule has 0 amide bonds. The molecule has 0 fully saturated rings. The van der Waals surface area contributed by atoms with Crippen molar-refractivity contribution in [1.29, 1.82) is 5.26 Å². The molecule has 0 spiro atoms. The van der Waals surface area contributed by atoms with Crippen molar-refractivity contribution in [2.24, 2.45) is 5.73 Å². The molecule has 0 saturated carbocycles. The van der Waals surface area contributed by atoms with Gasteiger partial charge in [0.2, 0.25) is 0 Å². The number of aromatic nitrogens is 1. The normalized spacial score (nSPS) is 10.1. The Morgan fingerprint density at radius 3 is 2.62 bits per heavy atom. The first-order valence-corrected chi connectivity index (χ1v) is 5.73. The molecule has 80 valence electrons. The number of aryl methyl sites for hydroxylation is 1. The predicted molar refractivity (Wildman–Crippen MR) is 64.9 cm³/mol. The van der Waals surface area contributed by atoms with E-state index in [1.165, 1.54) is 16.9 Å². The summed E-state index contributed by atoms with van der Waals surface area (Å²) in [6.07, 6.45) is 0. The quantitative estimate of drug-likeness (QED) is 0.860. The summed E-state index contributed by atoms with van der Waals surface area (Å²) in [6.45, 7) is 2.41. The van der Waals surface area contributed by atoms with Gasteiger partial charge >= 0.3 is 0 Å². The average Bonchev–Trinajstić information content (AvgIpc) is 2.73. The van der Waals surface area contributed by atoms with Crippen molar-refractivity contribution in [2.45, 2.75) is 13.5 Å². The van der Waals surface area contributed by atoms with Crippen LogP contribution in [0.15, 0.2) is 24.3 Å². The largest absolute Gasteiger partial charge is 0.325 e. The molecule has 0 unspecified atom stereocenters. The molecular weight excluding hydrogens is 218 g/mol. The lowest BCUT2D eigenvalue weighted by atomic mass is 10.1. The number of rotatable bonds is 2. The molecule has 4 heteroatoms. The first-order chi connectivity index (χ1) is 7.74. The second-order valence-corrected chi connectivity index (χ2v) is 4.55. The Morgan fingerprint density at radius 1 is 1.38 bits per heavy atom. The average molecular weight is 229 g/mol. The van der Waals surface area contributed by atoms with Gasteiger partial charge in [-0.3, -0.25) is 0 Å². The Balaban J connectivity index is 2.51. The number of benzene rings is 1. The van der Waals surface area contributed by atoms with E-state index in [0.717, 1.165) is 16.3 Å². The maximum Gasteiger partial charge on any atom is 0.132 e. The second-order valence-electron chi connectivity index (χ2n) is 3.47. The summed E-state index contributed by atoms with van der Waals surface area (Å²) in [6, 6.07) is 10.1. The smallest absolute Gasteiger partial charge is 0.132 e. The summed E-state index contributed by atoms with van der Waals surface area (Å²) in [5.74, 6) is 0. The van der Waals surface area contributed by atoms with E-state index in [-0.39, 0.29) is 0 Å². The summed E-state index contributed by atoms with van der Waals surface area (Å²) >= 11 is 1.36. The second kappa shape index (κ2) is 4.44. The van der Waals surface area contributed by atoms with Crippen LogP contribution < -0.4 is 5.73 Å². The van der Waals surface area contributed by atoms with Crippen molar-refractivity contribution in [2.75, 3.05) is 0 Å². The molecule has 16 heavy (non-hydrogen) atoms. The SMILES string of the molecule is Cc1ccc(-c2nc(CN)sc2C#N)cc1. The maximum absolute atomic E-state index is 9.02. The highest BCUT2D eigenvalue weighted by atomic mass is 32.1. The summed E-state index contributed by atoms with van der Waals surface area (Å²) in [7, 11) is 0. The van der Waals surface area contributed by atoms with Gasteiger partial charge in [-0.1, -0.05) is 29.8 Å². The van der Waals surface area contributed by atoms with Crippen molar-refractivity contribution in [3.05, 3.63) is 39.7 Å². The van der Waals surface area contributed by atoms with E-state index in [1.54, 1.807) is 0 Å². The third-order valence-corrected chi connectivity index (χ3v) is 3.25. The first kappa shape index (κ1) is 10.8. The third kappa shape index (κ3) is 1.96. The molecule has 0 radical (unpaired) electrons. The fourth-order valence-electron chi connectivity index (χ4n) is 1.43. The highest BCUT2D eigenvalue weighted by Crippen LogP contribution is 2.27. The van der Waals surface area contributed by atoms with Crippen LogP contribution in [0.3, 0.4) is 0 Å².